The normalized spacial score (nSPS) is 14.4. The SMILES string of the molecule is CCC(CO)(CCCSCc1cccc(C)c1)NC(C)C. The van der Waals surface area contributed by atoms with E-state index in [2.05, 4.69) is 57.3 Å². The van der Waals surface area contributed by atoms with Gasteiger partial charge in [0.2, 0.25) is 0 Å². The molecule has 120 valence electrons. The highest BCUT2D eigenvalue weighted by Gasteiger charge is 2.26. The fourth-order valence-electron chi connectivity index (χ4n) is 2.70. The van der Waals surface area contributed by atoms with Crippen LogP contribution in [0.3, 0.4) is 0 Å². The zero-order valence-electron chi connectivity index (χ0n) is 14.0. The van der Waals surface area contributed by atoms with Crippen LogP contribution in [0.25, 0.3) is 0 Å². The van der Waals surface area contributed by atoms with Gasteiger partial charge in [-0.2, -0.15) is 11.8 Å². The molecule has 0 heterocycles. The van der Waals surface area contributed by atoms with E-state index >= 15 is 0 Å². The van der Waals surface area contributed by atoms with Gasteiger partial charge >= 0.3 is 0 Å². The summed E-state index contributed by atoms with van der Waals surface area (Å²) in [7, 11) is 0. The van der Waals surface area contributed by atoms with Gasteiger partial charge in [-0.25, -0.2) is 0 Å². The topological polar surface area (TPSA) is 32.3 Å². The van der Waals surface area contributed by atoms with Gasteiger partial charge in [0, 0.05) is 17.3 Å². The Balaban J connectivity index is 2.31. The van der Waals surface area contributed by atoms with Gasteiger partial charge in [-0.15, -0.1) is 0 Å². The molecular weight excluding hydrogens is 278 g/mol. The molecule has 2 nitrogen and oxygen atoms in total. The second-order valence-corrected chi connectivity index (χ2v) is 7.34. The first kappa shape index (κ1) is 18.5. The van der Waals surface area contributed by atoms with Crippen LogP contribution < -0.4 is 5.32 Å². The van der Waals surface area contributed by atoms with E-state index in [1.54, 1.807) is 0 Å². The number of thioether (sulfide) groups is 1. The van der Waals surface area contributed by atoms with Crippen molar-refractivity contribution in [3.63, 3.8) is 0 Å². The standard InChI is InChI=1S/C18H31NOS/c1-5-18(14-20,19-15(2)3)10-7-11-21-13-17-9-6-8-16(4)12-17/h6,8-9,12,15,19-20H,5,7,10-11,13-14H2,1-4H3. The van der Waals surface area contributed by atoms with E-state index in [4.69, 9.17) is 0 Å². The van der Waals surface area contributed by atoms with E-state index < -0.39 is 0 Å². The minimum absolute atomic E-state index is 0.0991. The van der Waals surface area contributed by atoms with Gasteiger partial charge < -0.3 is 10.4 Å². The molecule has 1 aromatic rings. The molecule has 3 heteroatoms. The highest BCUT2D eigenvalue weighted by atomic mass is 32.2. The van der Waals surface area contributed by atoms with Crippen LogP contribution in [0.15, 0.2) is 24.3 Å². The van der Waals surface area contributed by atoms with Crippen molar-refractivity contribution < 1.29 is 5.11 Å². The summed E-state index contributed by atoms with van der Waals surface area (Å²) in [4.78, 5) is 0. The summed E-state index contributed by atoms with van der Waals surface area (Å²) in [5.41, 5.74) is 2.64. The first-order valence-corrected chi connectivity index (χ1v) is 9.18. The van der Waals surface area contributed by atoms with Crippen molar-refractivity contribution in [2.45, 2.75) is 64.3 Å². The third-order valence-corrected chi connectivity index (χ3v) is 4.98. The lowest BCUT2D eigenvalue weighted by atomic mass is 9.91. The quantitative estimate of drug-likeness (QED) is 0.637. The molecular formula is C18H31NOS. The third-order valence-electron chi connectivity index (χ3n) is 3.87. The smallest absolute Gasteiger partial charge is 0.0613 e. The van der Waals surface area contributed by atoms with Crippen molar-refractivity contribution >= 4 is 11.8 Å². The Morgan fingerprint density at radius 2 is 2.10 bits per heavy atom. The maximum absolute atomic E-state index is 9.72. The van der Waals surface area contributed by atoms with Crippen molar-refractivity contribution in [3.05, 3.63) is 35.4 Å². The number of hydrogen-bond acceptors (Lipinski definition) is 3. The summed E-state index contributed by atoms with van der Waals surface area (Å²) >= 11 is 1.99. The van der Waals surface area contributed by atoms with Gasteiger partial charge in [-0.1, -0.05) is 50.6 Å². The summed E-state index contributed by atoms with van der Waals surface area (Å²) in [6.07, 6.45) is 3.16. The third kappa shape index (κ3) is 6.86. The number of aliphatic hydroxyl groups excluding tert-OH is 1. The molecule has 0 radical (unpaired) electrons. The molecule has 21 heavy (non-hydrogen) atoms. The summed E-state index contributed by atoms with van der Waals surface area (Å²) in [6.45, 7) is 8.82. The van der Waals surface area contributed by atoms with E-state index in [0.717, 1.165) is 30.8 Å². The maximum Gasteiger partial charge on any atom is 0.0613 e. The first-order chi connectivity index (χ1) is 10.0. The van der Waals surface area contributed by atoms with Crippen molar-refractivity contribution in [1.82, 2.24) is 5.32 Å². The number of hydrogen-bond donors (Lipinski definition) is 2. The molecule has 0 saturated carbocycles. The van der Waals surface area contributed by atoms with Crippen LogP contribution in [0, 0.1) is 6.92 Å². The van der Waals surface area contributed by atoms with Gasteiger partial charge in [-0.05, 0) is 37.5 Å². The molecule has 2 N–H and O–H groups in total. The lowest BCUT2D eigenvalue weighted by Gasteiger charge is -2.34. The Hall–Kier alpha value is -0.510. The number of nitrogens with one attached hydrogen (secondary N) is 1. The zero-order valence-corrected chi connectivity index (χ0v) is 14.8. The van der Waals surface area contributed by atoms with Crippen molar-refractivity contribution in [1.29, 1.82) is 0 Å². The predicted molar refractivity (Wildman–Crippen MR) is 95.0 cm³/mol. The van der Waals surface area contributed by atoms with Crippen LogP contribution >= 0.6 is 11.8 Å². The van der Waals surface area contributed by atoms with E-state index in [-0.39, 0.29) is 12.1 Å². The van der Waals surface area contributed by atoms with E-state index in [1.807, 2.05) is 11.8 Å². The van der Waals surface area contributed by atoms with E-state index in [1.165, 1.54) is 11.1 Å². The molecule has 0 spiro atoms. The Morgan fingerprint density at radius 3 is 2.67 bits per heavy atom. The Morgan fingerprint density at radius 1 is 1.33 bits per heavy atom. The second-order valence-electron chi connectivity index (χ2n) is 6.24. The molecule has 0 aliphatic rings. The molecule has 0 bridgehead atoms. The molecule has 0 saturated heterocycles. The van der Waals surface area contributed by atoms with Gasteiger partial charge in [0.05, 0.1) is 6.61 Å². The van der Waals surface area contributed by atoms with Crippen molar-refractivity contribution in [2.24, 2.45) is 0 Å². The lowest BCUT2D eigenvalue weighted by Crippen LogP contribution is -2.51. The molecule has 1 unspecified atom stereocenters. The van der Waals surface area contributed by atoms with Crippen molar-refractivity contribution in [3.8, 4) is 0 Å². The molecule has 0 fully saturated rings. The minimum atomic E-state index is -0.0991. The number of benzene rings is 1. The van der Waals surface area contributed by atoms with Crippen LogP contribution in [-0.2, 0) is 5.75 Å². The van der Waals surface area contributed by atoms with Crippen LogP contribution in [0.5, 0.6) is 0 Å². The highest BCUT2D eigenvalue weighted by molar-refractivity contribution is 7.98. The first-order valence-electron chi connectivity index (χ1n) is 8.03. The molecule has 1 rings (SSSR count). The van der Waals surface area contributed by atoms with Crippen LogP contribution in [0.1, 0.15) is 51.2 Å². The number of aliphatic hydroxyl groups is 1. The molecule has 0 amide bonds. The lowest BCUT2D eigenvalue weighted by molar-refractivity contribution is 0.137. The van der Waals surface area contributed by atoms with Gasteiger partial charge in [0.15, 0.2) is 0 Å². The van der Waals surface area contributed by atoms with Gasteiger partial charge in [0.25, 0.3) is 0 Å². The largest absolute Gasteiger partial charge is 0.394 e. The Kier molecular flexibility index (Phi) is 8.38. The summed E-state index contributed by atoms with van der Waals surface area (Å²) in [5, 5.41) is 13.3. The fraction of sp³-hybridized carbons (Fsp3) is 0.667. The fourth-order valence-corrected chi connectivity index (χ4v) is 3.61. The molecule has 0 aliphatic heterocycles. The molecule has 0 aliphatic carbocycles. The molecule has 0 aromatic heterocycles. The second kappa shape index (κ2) is 9.50. The van der Waals surface area contributed by atoms with Gasteiger partial charge in [-0.3, -0.25) is 0 Å². The predicted octanol–water partition coefficient (Wildman–Crippen LogP) is 4.15. The van der Waals surface area contributed by atoms with Crippen LogP contribution in [0.2, 0.25) is 0 Å². The van der Waals surface area contributed by atoms with Crippen molar-refractivity contribution in [2.75, 3.05) is 12.4 Å². The summed E-state index contributed by atoms with van der Waals surface area (Å²) < 4.78 is 0. The van der Waals surface area contributed by atoms with E-state index in [0.29, 0.717) is 6.04 Å². The molecule has 1 atom stereocenters. The number of aryl methyl sites for hydroxylation is 1. The van der Waals surface area contributed by atoms with E-state index in [9.17, 15) is 5.11 Å². The average molecular weight is 310 g/mol. The minimum Gasteiger partial charge on any atom is -0.394 e. The average Bonchev–Trinajstić information content (AvgIpc) is 2.45. The molecule has 1 aromatic carbocycles. The van der Waals surface area contributed by atoms with Crippen LogP contribution in [0.4, 0.5) is 0 Å². The summed E-state index contributed by atoms with van der Waals surface area (Å²) in [6, 6.07) is 9.15. The Bertz CT molecular complexity index is 402. The summed E-state index contributed by atoms with van der Waals surface area (Å²) in [5.74, 6) is 2.23. The zero-order chi connectivity index (χ0) is 15.7. The van der Waals surface area contributed by atoms with Crippen LogP contribution in [-0.4, -0.2) is 29.0 Å². The maximum atomic E-state index is 9.72. The highest BCUT2D eigenvalue weighted by Crippen LogP contribution is 2.21. The van der Waals surface area contributed by atoms with Gasteiger partial charge in [0.1, 0.15) is 0 Å². The number of rotatable bonds is 10. The monoisotopic (exact) mass is 309 g/mol. The Labute approximate surface area is 134 Å².